The molecule has 3 nitrogen and oxygen atoms in total. The van der Waals surface area contributed by atoms with E-state index >= 15 is 0 Å². The lowest BCUT2D eigenvalue weighted by Crippen LogP contribution is -2.03. The normalized spacial score (nSPS) is 10.9. The predicted molar refractivity (Wildman–Crippen MR) is 80.0 cm³/mol. The van der Waals surface area contributed by atoms with Crippen LogP contribution in [0.15, 0.2) is 30.3 Å². The van der Waals surface area contributed by atoms with E-state index in [0.717, 1.165) is 17.8 Å². The molecule has 0 saturated heterocycles. The first-order valence-electron chi connectivity index (χ1n) is 7.07. The Hall–Kier alpha value is -1.61. The molecule has 0 aliphatic rings. The molecule has 1 aromatic heterocycles. The molecule has 0 bridgehead atoms. The number of unbranched alkanes of at least 4 members (excludes halogenated alkanes) is 1. The zero-order valence-electron chi connectivity index (χ0n) is 11.9. The molecule has 0 aliphatic heterocycles. The van der Waals surface area contributed by atoms with Crippen molar-refractivity contribution >= 4 is 0 Å². The molecular formula is C16H23N3. The number of nitrogens with zero attached hydrogens (tertiary/aromatic N) is 2. The fourth-order valence-electron chi connectivity index (χ4n) is 2.29. The van der Waals surface area contributed by atoms with E-state index in [1.54, 1.807) is 0 Å². The van der Waals surface area contributed by atoms with Gasteiger partial charge in [-0.2, -0.15) is 5.10 Å². The quantitative estimate of drug-likeness (QED) is 0.864. The van der Waals surface area contributed by atoms with Crippen molar-refractivity contribution in [2.24, 2.45) is 12.8 Å². The number of hydrogen-bond donors (Lipinski definition) is 1. The number of aryl methyl sites for hydroxylation is 2. The Balaban J connectivity index is 2.17. The summed E-state index contributed by atoms with van der Waals surface area (Å²) in [5.41, 5.74) is 10.4. The molecule has 0 radical (unpaired) electrons. The SMILES string of the molecule is CCCCc1ccc(-c2cc(CCN)nn2C)cc1. The third kappa shape index (κ3) is 3.44. The first-order chi connectivity index (χ1) is 9.24. The Morgan fingerprint density at radius 3 is 2.53 bits per heavy atom. The zero-order valence-corrected chi connectivity index (χ0v) is 11.9. The molecule has 2 aromatic rings. The fraction of sp³-hybridized carbons (Fsp3) is 0.438. The standard InChI is InChI=1S/C16H23N3/c1-3-4-5-13-6-8-14(9-7-13)16-12-15(10-11-17)18-19(16)2/h6-9,12H,3-5,10-11,17H2,1-2H3. The lowest BCUT2D eigenvalue weighted by atomic mass is 10.0. The van der Waals surface area contributed by atoms with E-state index in [1.807, 2.05) is 11.7 Å². The molecule has 3 heteroatoms. The summed E-state index contributed by atoms with van der Waals surface area (Å²) in [5, 5.41) is 4.49. The van der Waals surface area contributed by atoms with Gasteiger partial charge in [0, 0.05) is 13.5 Å². The summed E-state index contributed by atoms with van der Waals surface area (Å²) in [6.07, 6.45) is 4.50. The molecule has 0 spiro atoms. The molecule has 2 N–H and O–H groups in total. The van der Waals surface area contributed by atoms with Crippen molar-refractivity contribution in [3.63, 3.8) is 0 Å². The number of nitrogens with two attached hydrogens (primary N) is 1. The molecule has 102 valence electrons. The summed E-state index contributed by atoms with van der Waals surface area (Å²) in [6.45, 7) is 2.87. The van der Waals surface area contributed by atoms with E-state index in [-0.39, 0.29) is 0 Å². The Labute approximate surface area is 115 Å². The zero-order chi connectivity index (χ0) is 13.7. The molecule has 1 aromatic carbocycles. The molecule has 0 aliphatic carbocycles. The van der Waals surface area contributed by atoms with Gasteiger partial charge in [0.25, 0.3) is 0 Å². The maximum Gasteiger partial charge on any atom is 0.0681 e. The van der Waals surface area contributed by atoms with Crippen LogP contribution >= 0.6 is 0 Å². The van der Waals surface area contributed by atoms with Gasteiger partial charge in [-0.3, -0.25) is 4.68 Å². The van der Waals surface area contributed by atoms with Crippen LogP contribution in [0.2, 0.25) is 0 Å². The highest BCUT2D eigenvalue weighted by Gasteiger charge is 2.06. The van der Waals surface area contributed by atoms with Crippen LogP contribution in [-0.2, 0) is 19.9 Å². The second-order valence-electron chi connectivity index (χ2n) is 4.98. The summed E-state index contributed by atoms with van der Waals surface area (Å²) in [4.78, 5) is 0. The van der Waals surface area contributed by atoms with Crippen molar-refractivity contribution in [1.29, 1.82) is 0 Å². The Morgan fingerprint density at radius 1 is 1.16 bits per heavy atom. The van der Waals surface area contributed by atoms with Gasteiger partial charge in [-0.05, 0) is 36.6 Å². The first-order valence-corrected chi connectivity index (χ1v) is 7.07. The number of benzene rings is 1. The second-order valence-corrected chi connectivity index (χ2v) is 4.98. The van der Waals surface area contributed by atoms with Gasteiger partial charge < -0.3 is 5.73 Å². The van der Waals surface area contributed by atoms with Gasteiger partial charge in [-0.15, -0.1) is 0 Å². The lowest BCUT2D eigenvalue weighted by Gasteiger charge is -2.04. The van der Waals surface area contributed by atoms with Crippen LogP contribution in [0.5, 0.6) is 0 Å². The molecule has 0 unspecified atom stereocenters. The minimum absolute atomic E-state index is 0.645. The van der Waals surface area contributed by atoms with Crippen molar-refractivity contribution in [3.05, 3.63) is 41.6 Å². The van der Waals surface area contributed by atoms with Gasteiger partial charge >= 0.3 is 0 Å². The minimum atomic E-state index is 0.645. The fourth-order valence-corrected chi connectivity index (χ4v) is 2.29. The van der Waals surface area contributed by atoms with Crippen LogP contribution in [0.1, 0.15) is 31.0 Å². The van der Waals surface area contributed by atoms with Gasteiger partial charge in [0.2, 0.25) is 0 Å². The average Bonchev–Trinajstić information content (AvgIpc) is 2.78. The van der Waals surface area contributed by atoms with Crippen molar-refractivity contribution < 1.29 is 0 Å². The Kier molecular flexibility index (Phi) is 4.74. The predicted octanol–water partition coefficient (Wildman–Crippen LogP) is 2.93. The first kappa shape index (κ1) is 13.8. The van der Waals surface area contributed by atoms with Crippen LogP contribution in [-0.4, -0.2) is 16.3 Å². The molecule has 0 fully saturated rings. The smallest absolute Gasteiger partial charge is 0.0681 e. The minimum Gasteiger partial charge on any atom is -0.330 e. The highest BCUT2D eigenvalue weighted by molar-refractivity contribution is 5.60. The molecular weight excluding hydrogens is 234 g/mol. The third-order valence-electron chi connectivity index (χ3n) is 3.40. The van der Waals surface area contributed by atoms with Crippen molar-refractivity contribution in [2.45, 2.75) is 32.6 Å². The van der Waals surface area contributed by atoms with Crippen LogP contribution in [0, 0.1) is 0 Å². The van der Waals surface area contributed by atoms with Crippen LogP contribution < -0.4 is 5.73 Å². The number of aromatic nitrogens is 2. The van der Waals surface area contributed by atoms with Crippen LogP contribution in [0.4, 0.5) is 0 Å². The number of rotatable bonds is 6. The molecule has 1 heterocycles. The van der Waals surface area contributed by atoms with E-state index in [2.05, 4.69) is 42.4 Å². The lowest BCUT2D eigenvalue weighted by molar-refractivity contribution is 0.745. The Morgan fingerprint density at radius 2 is 1.89 bits per heavy atom. The summed E-state index contributed by atoms with van der Waals surface area (Å²) in [6, 6.07) is 11.0. The van der Waals surface area contributed by atoms with E-state index < -0.39 is 0 Å². The van der Waals surface area contributed by atoms with Gasteiger partial charge in [0.1, 0.15) is 0 Å². The monoisotopic (exact) mass is 257 g/mol. The van der Waals surface area contributed by atoms with E-state index in [9.17, 15) is 0 Å². The van der Waals surface area contributed by atoms with Crippen molar-refractivity contribution in [2.75, 3.05) is 6.54 Å². The van der Waals surface area contributed by atoms with Gasteiger partial charge in [0.15, 0.2) is 0 Å². The highest BCUT2D eigenvalue weighted by Crippen LogP contribution is 2.21. The summed E-state index contributed by atoms with van der Waals surface area (Å²) in [7, 11) is 1.99. The molecule has 0 saturated carbocycles. The van der Waals surface area contributed by atoms with Gasteiger partial charge in [0.05, 0.1) is 11.4 Å². The van der Waals surface area contributed by atoms with E-state index in [0.29, 0.717) is 6.54 Å². The van der Waals surface area contributed by atoms with Gasteiger partial charge in [-0.25, -0.2) is 0 Å². The Bertz CT molecular complexity index is 511. The summed E-state index contributed by atoms with van der Waals surface area (Å²) < 4.78 is 1.94. The highest BCUT2D eigenvalue weighted by atomic mass is 15.3. The average molecular weight is 257 g/mol. The van der Waals surface area contributed by atoms with Crippen LogP contribution in [0.3, 0.4) is 0 Å². The van der Waals surface area contributed by atoms with Gasteiger partial charge in [-0.1, -0.05) is 37.6 Å². The maximum absolute atomic E-state index is 5.58. The second kappa shape index (κ2) is 6.53. The van der Waals surface area contributed by atoms with E-state index in [1.165, 1.54) is 30.4 Å². The topological polar surface area (TPSA) is 43.8 Å². The number of hydrogen-bond acceptors (Lipinski definition) is 2. The third-order valence-corrected chi connectivity index (χ3v) is 3.40. The van der Waals surface area contributed by atoms with Crippen molar-refractivity contribution in [1.82, 2.24) is 9.78 Å². The van der Waals surface area contributed by atoms with Crippen LogP contribution in [0.25, 0.3) is 11.3 Å². The van der Waals surface area contributed by atoms with E-state index in [4.69, 9.17) is 5.73 Å². The largest absolute Gasteiger partial charge is 0.330 e. The molecule has 2 rings (SSSR count). The van der Waals surface area contributed by atoms with Crippen molar-refractivity contribution in [3.8, 4) is 11.3 Å². The summed E-state index contributed by atoms with van der Waals surface area (Å²) >= 11 is 0. The summed E-state index contributed by atoms with van der Waals surface area (Å²) in [5.74, 6) is 0. The molecule has 0 atom stereocenters. The molecule has 0 amide bonds. The molecule has 19 heavy (non-hydrogen) atoms. The maximum atomic E-state index is 5.58.